The molecule has 0 bridgehead atoms. The second-order valence-corrected chi connectivity index (χ2v) is 5.58. The second kappa shape index (κ2) is 4.39. The summed E-state index contributed by atoms with van der Waals surface area (Å²) in [6, 6.07) is 5.32. The molecule has 96 valence electrons. The number of rotatable bonds is 2. The first-order valence-corrected chi connectivity index (χ1v) is 6.87. The van der Waals surface area contributed by atoms with E-state index in [4.69, 9.17) is 4.98 Å². The van der Waals surface area contributed by atoms with Crippen molar-refractivity contribution >= 4 is 5.65 Å². The molecule has 0 aromatic carbocycles. The Bertz CT molecular complexity index is 556. The third-order valence-corrected chi connectivity index (χ3v) is 4.00. The number of likely N-dealkylation sites (tertiary alicyclic amines) is 1. The van der Waals surface area contributed by atoms with E-state index < -0.39 is 0 Å². The molecule has 1 unspecified atom stereocenters. The number of nitrogens with zero attached hydrogens (tertiary/aromatic N) is 3. The van der Waals surface area contributed by atoms with Crippen LogP contribution in [0.25, 0.3) is 5.65 Å². The lowest BCUT2D eigenvalue weighted by Gasteiger charge is -2.26. The van der Waals surface area contributed by atoms with Gasteiger partial charge < -0.3 is 4.40 Å². The van der Waals surface area contributed by atoms with E-state index in [2.05, 4.69) is 54.6 Å². The van der Waals surface area contributed by atoms with E-state index in [1.807, 2.05) is 0 Å². The smallest absolute Gasteiger partial charge is 0.139 e. The molecular formula is C15H21N3. The fourth-order valence-electron chi connectivity index (χ4n) is 3.06. The Labute approximate surface area is 108 Å². The SMILES string of the molecule is Cc1cccn2cc(C3CCCN3C(C)C)nc12. The highest BCUT2D eigenvalue weighted by Gasteiger charge is 2.29. The number of aromatic nitrogens is 2. The minimum Gasteiger partial charge on any atom is -0.307 e. The van der Waals surface area contributed by atoms with E-state index in [1.165, 1.54) is 30.6 Å². The third kappa shape index (κ3) is 1.83. The van der Waals surface area contributed by atoms with Gasteiger partial charge in [0.25, 0.3) is 0 Å². The van der Waals surface area contributed by atoms with Crippen LogP contribution < -0.4 is 0 Å². The van der Waals surface area contributed by atoms with Gasteiger partial charge in [-0.25, -0.2) is 4.98 Å². The lowest BCUT2D eigenvalue weighted by molar-refractivity contribution is 0.202. The summed E-state index contributed by atoms with van der Waals surface area (Å²) in [7, 11) is 0. The Morgan fingerprint density at radius 3 is 2.94 bits per heavy atom. The lowest BCUT2D eigenvalue weighted by atomic mass is 10.1. The van der Waals surface area contributed by atoms with Crippen molar-refractivity contribution in [3.63, 3.8) is 0 Å². The van der Waals surface area contributed by atoms with Crippen LogP contribution in [0, 0.1) is 6.92 Å². The first-order valence-electron chi connectivity index (χ1n) is 6.87. The predicted molar refractivity (Wildman–Crippen MR) is 73.7 cm³/mol. The van der Waals surface area contributed by atoms with Crippen molar-refractivity contribution in [1.82, 2.24) is 14.3 Å². The van der Waals surface area contributed by atoms with E-state index in [1.54, 1.807) is 0 Å². The molecule has 1 aliphatic rings. The largest absolute Gasteiger partial charge is 0.307 e. The summed E-state index contributed by atoms with van der Waals surface area (Å²) in [6.07, 6.45) is 6.82. The van der Waals surface area contributed by atoms with Crippen LogP contribution in [0.3, 0.4) is 0 Å². The second-order valence-electron chi connectivity index (χ2n) is 5.58. The third-order valence-electron chi connectivity index (χ3n) is 4.00. The highest BCUT2D eigenvalue weighted by molar-refractivity contribution is 5.48. The maximum absolute atomic E-state index is 4.85. The minimum absolute atomic E-state index is 0.504. The molecule has 1 fully saturated rings. The molecule has 0 aliphatic carbocycles. The molecular weight excluding hydrogens is 222 g/mol. The van der Waals surface area contributed by atoms with Crippen LogP contribution in [0.5, 0.6) is 0 Å². The molecule has 3 rings (SSSR count). The molecule has 0 N–H and O–H groups in total. The molecule has 2 aromatic rings. The molecule has 0 spiro atoms. The molecule has 1 atom stereocenters. The summed E-state index contributed by atoms with van der Waals surface area (Å²) in [5.74, 6) is 0. The highest BCUT2D eigenvalue weighted by atomic mass is 15.2. The number of hydrogen-bond acceptors (Lipinski definition) is 2. The zero-order chi connectivity index (χ0) is 12.7. The van der Waals surface area contributed by atoms with Gasteiger partial charge in [0.1, 0.15) is 5.65 Å². The van der Waals surface area contributed by atoms with E-state index in [0.29, 0.717) is 12.1 Å². The van der Waals surface area contributed by atoms with Gasteiger partial charge in [0.15, 0.2) is 0 Å². The molecule has 2 aromatic heterocycles. The van der Waals surface area contributed by atoms with Crippen molar-refractivity contribution in [2.75, 3.05) is 6.54 Å². The van der Waals surface area contributed by atoms with Gasteiger partial charge in [-0.1, -0.05) is 6.07 Å². The van der Waals surface area contributed by atoms with E-state index in [0.717, 1.165) is 5.65 Å². The normalized spacial score (nSPS) is 21.2. The van der Waals surface area contributed by atoms with Crippen molar-refractivity contribution in [1.29, 1.82) is 0 Å². The predicted octanol–water partition coefficient (Wildman–Crippen LogP) is 3.19. The van der Waals surface area contributed by atoms with Crippen molar-refractivity contribution in [3.05, 3.63) is 35.8 Å². The average Bonchev–Trinajstić information content (AvgIpc) is 2.95. The molecule has 18 heavy (non-hydrogen) atoms. The Balaban J connectivity index is 2.01. The Morgan fingerprint density at radius 2 is 2.22 bits per heavy atom. The molecule has 1 aliphatic heterocycles. The monoisotopic (exact) mass is 243 g/mol. The fraction of sp³-hybridized carbons (Fsp3) is 0.533. The van der Waals surface area contributed by atoms with Crippen LogP contribution in [0.4, 0.5) is 0 Å². The number of pyridine rings is 1. The summed E-state index contributed by atoms with van der Waals surface area (Å²) < 4.78 is 2.15. The van der Waals surface area contributed by atoms with E-state index >= 15 is 0 Å². The van der Waals surface area contributed by atoms with Crippen LogP contribution in [0.1, 0.15) is 44.0 Å². The van der Waals surface area contributed by atoms with E-state index in [-0.39, 0.29) is 0 Å². The van der Waals surface area contributed by atoms with Crippen LogP contribution in [-0.2, 0) is 0 Å². The summed E-state index contributed by atoms with van der Waals surface area (Å²) >= 11 is 0. The zero-order valence-electron chi connectivity index (χ0n) is 11.4. The minimum atomic E-state index is 0.504. The number of hydrogen-bond donors (Lipinski definition) is 0. The van der Waals surface area contributed by atoms with Gasteiger partial charge in [-0.2, -0.15) is 0 Å². The number of fused-ring (bicyclic) bond motifs is 1. The standard InChI is InChI=1S/C15H21N3/c1-11(2)18-9-5-7-14(18)13-10-17-8-4-6-12(3)15(17)16-13/h4,6,8,10-11,14H,5,7,9H2,1-3H3. The lowest BCUT2D eigenvalue weighted by Crippen LogP contribution is -2.30. The molecule has 0 radical (unpaired) electrons. The van der Waals surface area contributed by atoms with Gasteiger partial charge in [0, 0.05) is 18.4 Å². The van der Waals surface area contributed by atoms with Crippen LogP contribution in [-0.4, -0.2) is 26.9 Å². The zero-order valence-corrected chi connectivity index (χ0v) is 11.4. The molecule has 3 heterocycles. The average molecular weight is 243 g/mol. The fourth-order valence-corrected chi connectivity index (χ4v) is 3.06. The summed E-state index contributed by atoms with van der Waals surface area (Å²) in [5, 5.41) is 0. The van der Waals surface area contributed by atoms with Gasteiger partial charge in [-0.05, 0) is 51.8 Å². The van der Waals surface area contributed by atoms with Gasteiger partial charge >= 0.3 is 0 Å². The topological polar surface area (TPSA) is 20.5 Å². The maximum Gasteiger partial charge on any atom is 0.139 e. The van der Waals surface area contributed by atoms with Crippen molar-refractivity contribution in [2.45, 2.75) is 45.7 Å². The molecule has 3 heteroatoms. The molecule has 0 saturated carbocycles. The van der Waals surface area contributed by atoms with Gasteiger partial charge in [-0.3, -0.25) is 4.90 Å². The summed E-state index contributed by atoms with van der Waals surface area (Å²) in [6.45, 7) is 7.88. The first-order chi connectivity index (χ1) is 8.66. The summed E-state index contributed by atoms with van der Waals surface area (Å²) in [5.41, 5.74) is 3.58. The van der Waals surface area contributed by atoms with Crippen LogP contribution in [0.15, 0.2) is 24.5 Å². The van der Waals surface area contributed by atoms with Crippen LogP contribution >= 0.6 is 0 Å². The first kappa shape index (κ1) is 11.7. The Kier molecular flexibility index (Phi) is 2.86. The van der Waals surface area contributed by atoms with Gasteiger partial charge in [-0.15, -0.1) is 0 Å². The molecule has 0 amide bonds. The number of imidazole rings is 1. The van der Waals surface area contributed by atoms with Gasteiger partial charge in [0.05, 0.1) is 11.7 Å². The Morgan fingerprint density at radius 1 is 1.39 bits per heavy atom. The molecule has 1 saturated heterocycles. The summed E-state index contributed by atoms with van der Waals surface area (Å²) in [4.78, 5) is 7.41. The quantitative estimate of drug-likeness (QED) is 0.807. The maximum atomic E-state index is 4.85. The van der Waals surface area contributed by atoms with Crippen LogP contribution in [0.2, 0.25) is 0 Å². The van der Waals surface area contributed by atoms with Gasteiger partial charge in [0.2, 0.25) is 0 Å². The Hall–Kier alpha value is -1.35. The van der Waals surface area contributed by atoms with Crippen molar-refractivity contribution in [2.24, 2.45) is 0 Å². The molecule has 3 nitrogen and oxygen atoms in total. The van der Waals surface area contributed by atoms with E-state index in [9.17, 15) is 0 Å². The highest BCUT2D eigenvalue weighted by Crippen LogP contribution is 2.33. The number of aryl methyl sites for hydroxylation is 1. The van der Waals surface area contributed by atoms with Crippen molar-refractivity contribution in [3.8, 4) is 0 Å². The van der Waals surface area contributed by atoms with Crippen molar-refractivity contribution < 1.29 is 0 Å².